The molecule has 1 heterocycles. The van der Waals surface area contributed by atoms with Crippen LogP contribution < -0.4 is 0 Å². The summed E-state index contributed by atoms with van der Waals surface area (Å²) in [5.41, 5.74) is 5.43. The molecule has 1 heteroatoms. The van der Waals surface area contributed by atoms with Gasteiger partial charge in [-0.05, 0) is 41.7 Å². The molecule has 1 saturated heterocycles. The third-order valence-corrected chi connectivity index (χ3v) is 7.07. The summed E-state index contributed by atoms with van der Waals surface area (Å²) >= 11 is 0. The monoisotopic (exact) mass is 317 g/mol. The van der Waals surface area contributed by atoms with Crippen LogP contribution in [0.1, 0.15) is 12.8 Å². The first kappa shape index (κ1) is 14.6. The molecule has 3 aromatic carbocycles. The second kappa shape index (κ2) is 6.64. The van der Waals surface area contributed by atoms with E-state index in [1.807, 2.05) is 0 Å². The highest BCUT2D eigenvalue weighted by Gasteiger charge is 2.29. The highest BCUT2D eigenvalue weighted by molar-refractivity contribution is 7.97. The third kappa shape index (κ3) is 2.94. The molecule has 0 N–H and O–H groups in total. The summed E-state index contributed by atoms with van der Waals surface area (Å²) in [5, 5.41) is 0. The molecule has 3 aromatic rings. The van der Waals surface area contributed by atoms with Gasteiger partial charge in [-0.3, -0.25) is 0 Å². The van der Waals surface area contributed by atoms with Crippen molar-refractivity contribution < 1.29 is 0 Å². The van der Waals surface area contributed by atoms with Crippen LogP contribution in [0.2, 0.25) is 0 Å². The fourth-order valence-corrected chi connectivity index (χ4v) is 5.91. The van der Waals surface area contributed by atoms with E-state index in [1.54, 1.807) is 4.90 Å². The molecule has 1 aliphatic rings. The largest absolute Gasteiger partial charge is 0.162 e. The first-order chi connectivity index (χ1) is 11.4. The molecular formula is C22H21S+. The summed E-state index contributed by atoms with van der Waals surface area (Å²) in [4.78, 5) is 1.56. The Balaban J connectivity index is 1.86. The molecule has 0 spiro atoms. The van der Waals surface area contributed by atoms with Crippen LogP contribution in [-0.2, 0) is 10.9 Å². The van der Waals surface area contributed by atoms with E-state index in [9.17, 15) is 0 Å². The van der Waals surface area contributed by atoms with Crippen molar-refractivity contribution in [1.29, 1.82) is 0 Å². The molecule has 0 aromatic heterocycles. The molecule has 1 fully saturated rings. The van der Waals surface area contributed by atoms with Gasteiger partial charge in [0.25, 0.3) is 0 Å². The van der Waals surface area contributed by atoms with Gasteiger partial charge in [0, 0.05) is 16.5 Å². The van der Waals surface area contributed by atoms with Gasteiger partial charge >= 0.3 is 0 Å². The Bertz CT molecular complexity index is 786. The predicted molar refractivity (Wildman–Crippen MR) is 102 cm³/mol. The normalized spacial score (nSPS) is 15.0. The van der Waals surface area contributed by atoms with Gasteiger partial charge in [-0.25, -0.2) is 0 Å². The minimum atomic E-state index is 0.433. The van der Waals surface area contributed by atoms with Gasteiger partial charge in [-0.15, -0.1) is 0 Å². The Morgan fingerprint density at radius 2 is 1.09 bits per heavy atom. The third-order valence-electron chi connectivity index (χ3n) is 4.53. The van der Waals surface area contributed by atoms with Gasteiger partial charge in [0.2, 0.25) is 0 Å². The molecule has 23 heavy (non-hydrogen) atoms. The topological polar surface area (TPSA) is 0 Å². The summed E-state index contributed by atoms with van der Waals surface area (Å²) < 4.78 is 0. The van der Waals surface area contributed by atoms with E-state index >= 15 is 0 Å². The lowest BCUT2D eigenvalue weighted by Crippen LogP contribution is -2.05. The fourth-order valence-electron chi connectivity index (χ4n) is 3.40. The molecule has 1 aliphatic heterocycles. The summed E-state index contributed by atoms with van der Waals surface area (Å²) in [6, 6.07) is 28.6. The van der Waals surface area contributed by atoms with Crippen molar-refractivity contribution in [3.8, 4) is 22.3 Å². The lowest BCUT2D eigenvalue weighted by atomic mass is 9.95. The van der Waals surface area contributed by atoms with E-state index in [4.69, 9.17) is 0 Å². The minimum absolute atomic E-state index is 0.433. The fraction of sp³-hybridized carbons (Fsp3) is 0.182. The molecule has 0 atom stereocenters. The predicted octanol–water partition coefficient (Wildman–Crippen LogP) is 5.79. The van der Waals surface area contributed by atoms with Crippen LogP contribution in [0.4, 0.5) is 0 Å². The van der Waals surface area contributed by atoms with E-state index in [1.165, 1.54) is 46.6 Å². The molecule has 114 valence electrons. The van der Waals surface area contributed by atoms with Gasteiger partial charge in [0.15, 0.2) is 4.90 Å². The Morgan fingerprint density at radius 1 is 0.522 bits per heavy atom. The van der Waals surface area contributed by atoms with Gasteiger partial charge in [0.1, 0.15) is 11.5 Å². The molecule has 0 saturated carbocycles. The lowest BCUT2D eigenvalue weighted by Gasteiger charge is -2.13. The summed E-state index contributed by atoms with van der Waals surface area (Å²) in [6.45, 7) is 0. The van der Waals surface area contributed by atoms with Crippen LogP contribution in [0.25, 0.3) is 22.3 Å². The average molecular weight is 317 g/mol. The first-order valence-electron chi connectivity index (χ1n) is 8.35. The number of hydrogen-bond acceptors (Lipinski definition) is 0. The smallest absolute Gasteiger partial charge is 0.0622 e. The van der Waals surface area contributed by atoms with Crippen LogP contribution in [0.15, 0.2) is 83.8 Å². The van der Waals surface area contributed by atoms with Crippen molar-refractivity contribution in [3.05, 3.63) is 78.9 Å². The zero-order valence-corrected chi connectivity index (χ0v) is 14.1. The molecule has 0 unspecified atom stereocenters. The first-order valence-corrected chi connectivity index (χ1v) is 9.91. The van der Waals surface area contributed by atoms with Gasteiger partial charge < -0.3 is 0 Å². The van der Waals surface area contributed by atoms with Crippen molar-refractivity contribution in [2.75, 3.05) is 11.5 Å². The molecule has 0 radical (unpaired) electrons. The van der Waals surface area contributed by atoms with Crippen LogP contribution in [0, 0.1) is 0 Å². The van der Waals surface area contributed by atoms with Gasteiger partial charge in [-0.1, -0.05) is 66.7 Å². The second-order valence-corrected chi connectivity index (χ2v) is 8.26. The van der Waals surface area contributed by atoms with E-state index in [-0.39, 0.29) is 0 Å². The van der Waals surface area contributed by atoms with Gasteiger partial charge in [0.05, 0.1) is 0 Å². The maximum atomic E-state index is 2.35. The summed E-state index contributed by atoms with van der Waals surface area (Å²) in [5.74, 6) is 2.73. The van der Waals surface area contributed by atoms with Crippen molar-refractivity contribution in [2.45, 2.75) is 17.7 Å². The molecule has 0 aliphatic carbocycles. The van der Waals surface area contributed by atoms with Crippen LogP contribution in [0.3, 0.4) is 0 Å². The Labute approximate surface area is 141 Å². The minimum Gasteiger partial charge on any atom is -0.0622 e. The van der Waals surface area contributed by atoms with E-state index in [0.717, 1.165) is 0 Å². The van der Waals surface area contributed by atoms with Crippen molar-refractivity contribution >= 4 is 10.9 Å². The molecule has 0 amide bonds. The number of benzene rings is 3. The van der Waals surface area contributed by atoms with Crippen LogP contribution in [0.5, 0.6) is 0 Å². The van der Waals surface area contributed by atoms with Crippen molar-refractivity contribution in [2.24, 2.45) is 0 Å². The lowest BCUT2D eigenvalue weighted by molar-refractivity contribution is 0.949. The molecule has 0 nitrogen and oxygen atoms in total. The molecule has 4 rings (SSSR count). The molecule has 0 bridgehead atoms. The Kier molecular flexibility index (Phi) is 4.21. The van der Waals surface area contributed by atoms with E-state index in [2.05, 4.69) is 78.9 Å². The zero-order chi connectivity index (χ0) is 15.5. The summed E-state index contributed by atoms with van der Waals surface area (Å²) in [6.07, 6.45) is 2.77. The summed E-state index contributed by atoms with van der Waals surface area (Å²) in [7, 11) is 0.433. The Hall–Kier alpha value is -1.99. The van der Waals surface area contributed by atoms with Crippen molar-refractivity contribution in [1.82, 2.24) is 0 Å². The maximum Gasteiger partial charge on any atom is 0.162 e. The number of rotatable bonds is 3. The highest BCUT2D eigenvalue weighted by Crippen LogP contribution is 2.37. The number of hydrogen-bond donors (Lipinski definition) is 0. The maximum absolute atomic E-state index is 2.35. The van der Waals surface area contributed by atoms with E-state index in [0.29, 0.717) is 10.9 Å². The zero-order valence-electron chi connectivity index (χ0n) is 13.2. The van der Waals surface area contributed by atoms with Crippen LogP contribution >= 0.6 is 0 Å². The standard InChI is InChI=1S/C22H21S/c1-2-10-18(11-3-1)19-12-4-5-13-20(19)21-14-6-7-15-22(21)23-16-8-9-17-23/h1-7,10-15H,8-9,16-17H2/q+1. The van der Waals surface area contributed by atoms with Crippen LogP contribution in [-0.4, -0.2) is 11.5 Å². The van der Waals surface area contributed by atoms with Gasteiger partial charge in [-0.2, -0.15) is 0 Å². The Morgan fingerprint density at radius 3 is 1.83 bits per heavy atom. The highest BCUT2D eigenvalue weighted by atomic mass is 32.2. The second-order valence-electron chi connectivity index (χ2n) is 6.02. The average Bonchev–Trinajstić information content (AvgIpc) is 3.17. The quantitative estimate of drug-likeness (QED) is 0.536. The van der Waals surface area contributed by atoms with E-state index < -0.39 is 0 Å². The van der Waals surface area contributed by atoms with Crippen molar-refractivity contribution in [3.63, 3.8) is 0 Å². The SMILES string of the molecule is c1ccc(-c2ccccc2-c2ccccc2[S+]2CCCC2)cc1. The molecular weight excluding hydrogens is 296 g/mol.